The van der Waals surface area contributed by atoms with Crippen LogP contribution in [0.2, 0.25) is 0 Å². The van der Waals surface area contributed by atoms with Gasteiger partial charge in [-0.3, -0.25) is 0 Å². The zero-order valence-electron chi connectivity index (χ0n) is 8.00. The first-order valence-electron chi connectivity index (χ1n) is 4.41. The number of aliphatic hydroxyl groups is 4. The third-order valence-corrected chi connectivity index (χ3v) is 2.33. The smallest absolute Gasteiger partial charge is 0.183 e. The van der Waals surface area contributed by atoms with Crippen LogP contribution in [0, 0.1) is 0 Å². The van der Waals surface area contributed by atoms with Gasteiger partial charge in [-0.1, -0.05) is 12.0 Å². The van der Waals surface area contributed by atoms with Gasteiger partial charge in [-0.15, -0.1) is 0 Å². The van der Waals surface area contributed by atoms with Crippen molar-refractivity contribution in [1.82, 2.24) is 0 Å². The maximum absolute atomic E-state index is 9.49. The van der Waals surface area contributed by atoms with E-state index in [0.29, 0.717) is 0 Å². The maximum Gasteiger partial charge on any atom is 0.183 e. The molecule has 86 valence electrons. The summed E-state index contributed by atoms with van der Waals surface area (Å²) in [6.45, 7) is 1.46. The number of nitrogens with zero attached hydrogens (tertiary/aromatic N) is 3. The van der Waals surface area contributed by atoms with Crippen molar-refractivity contribution in [3.05, 3.63) is 10.4 Å². The summed E-state index contributed by atoms with van der Waals surface area (Å²) in [5, 5.41) is 40.4. The van der Waals surface area contributed by atoms with E-state index in [-0.39, 0.29) is 0 Å². The lowest BCUT2D eigenvalue weighted by Crippen LogP contribution is -2.59. The van der Waals surface area contributed by atoms with Gasteiger partial charge in [0.2, 0.25) is 0 Å². The quantitative estimate of drug-likeness (QED) is 0.254. The third kappa shape index (κ3) is 2.37. The molecule has 6 atom stereocenters. The lowest BCUT2D eigenvalue weighted by atomic mass is 9.95. The molecule has 0 bridgehead atoms. The normalized spacial score (nSPS) is 43.1. The largest absolute Gasteiger partial charge is 0.388 e. The molecule has 0 unspecified atom stereocenters. The lowest BCUT2D eigenvalue weighted by molar-refractivity contribution is -0.284. The first-order chi connectivity index (χ1) is 6.99. The van der Waals surface area contributed by atoms with E-state index in [1.807, 2.05) is 0 Å². The molecule has 0 amide bonds. The second kappa shape index (κ2) is 4.75. The van der Waals surface area contributed by atoms with Gasteiger partial charge < -0.3 is 25.2 Å². The van der Waals surface area contributed by atoms with Crippen molar-refractivity contribution in [2.75, 3.05) is 0 Å². The fraction of sp³-hybridized carbons (Fsp3) is 1.00. The maximum atomic E-state index is 9.49. The molecule has 8 nitrogen and oxygen atoms in total. The number of ether oxygens (including phenoxy) is 1. The van der Waals surface area contributed by atoms with Crippen molar-refractivity contribution in [2.24, 2.45) is 5.11 Å². The van der Waals surface area contributed by atoms with Crippen molar-refractivity contribution in [3.63, 3.8) is 0 Å². The minimum atomic E-state index is -1.61. The molecule has 15 heavy (non-hydrogen) atoms. The van der Waals surface area contributed by atoms with Crippen LogP contribution in [-0.4, -0.2) is 57.2 Å². The van der Waals surface area contributed by atoms with E-state index in [1.54, 1.807) is 0 Å². The highest BCUT2D eigenvalue weighted by Gasteiger charge is 2.44. The molecular formula is C7H13N3O5. The van der Waals surface area contributed by atoms with Gasteiger partial charge in [-0.05, 0) is 5.53 Å². The van der Waals surface area contributed by atoms with Gasteiger partial charge in [0.15, 0.2) is 6.29 Å². The Balaban J connectivity index is 2.78. The fourth-order valence-electron chi connectivity index (χ4n) is 1.43. The summed E-state index contributed by atoms with van der Waals surface area (Å²) in [7, 11) is 0. The van der Waals surface area contributed by atoms with Gasteiger partial charge in [0.05, 0.1) is 12.1 Å². The molecule has 1 rings (SSSR count). The van der Waals surface area contributed by atoms with Crippen molar-refractivity contribution in [3.8, 4) is 0 Å². The Morgan fingerprint density at radius 1 is 1.20 bits per heavy atom. The predicted molar refractivity (Wildman–Crippen MR) is 47.5 cm³/mol. The van der Waals surface area contributed by atoms with Gasteiger partial charge in [-0.25, -0.2) is 0 Å². The van der Waals surface area contributed by atoms with Gasteiger partial charge in [-0.2, -0.15) is 0 Å². The van der Waals surface area contributed by atoms with E-state index in [0.717, 1.165) is 0 Å². The van der Waals surface area contributed by atoms with Crippen LogP contribution in [-0.2, 0) is 4.74 Å². The van der Waals surface area contributed by atoms with Crippen molar-refractivity contribution < 1.29 is 25.2 Å². The van der Waals surface area contributed by atoms with Gasteiger partial charge >= 0.3 is 0 Å². The van der Waals surface area contributed by atoms with Crippen LogP contribution in [0.4, 0.5) is 0 Å². The molecule has 0 aromatic heterocycles. The van der Waals surface area contributed by atoms with E-state index in [1.165, 1.54) is 6.92 Å². The molecular weight excluding hydrogens is 206 g/mol. The topological polar surface area (TPSA) is 139 Å². The highest BCUT2D eigenvalue weighted by molar-refractivity contribution is 4.92. The second-order valence-corrected chi connectivity index (χ2v) is 3.41. The van der Waals surface area contributed by atoms with Gasteiger partial charge in [0.25, 0.3) is 0 Å². The lowest BCUT2D eigenvalue weighted by Gasteiger charge is -2.39. The summed E-state index contributed by atoms with van der Waals surface area (Å²) in [5.41, 5.74) is 8.18. The molecule has 0 aromatic carbocycles. The van der Waals surface area contributed by atoms with Gasteiger partial charge in [0, 0.05) is 4.91 Å². The summed E-state index contributed by atoms with van der Waals surface area (Å²) in [6, 6.07) is -0.762. The Kier molecular flexibility index (Phi) is 3.86. The van der Waals surface area contributed by atoms with Crippen LogP contribution < -0.4 is 0 Å². The minimum Gasteiger partial charge on any atom is -0.388 e. The number of azide groups is 1. The molecule has 0 aliphatic carbocycles. The Morgan fingerprint density at radius 3 is 2.33 bits per heavy atom. The second-order valence-electron chi connectivity index (χ2n) is 3.41. The molecule has 1 aliphatic rings. The molecule has 4 N–H and O–H groups in total. The summed E-state index contributed by atoms with van der Waals surface area (Å²) in [6.07, 6.45) is -7.17. The average molecular weight is 219 g/mol. The van der Waals surface area contributed by atoms with E-state index in [4.69, 9.17) is 15.4 Å². The molecule has 0 radical (unpaired) electrons. The van der Waals surface area contributed by atoms with Crippen LogP contribution in [0.15, 0.2) is 5.11 Å². The number of rotatable bonds is 2. The van der Waals surface area contributed by atoms with Crippen LogP contribution in [0.1, 0.15) is 6.92 Å². The minimum absolute atomic E-state index is 0.762. The third-order valence-electron chi connectivity index (χ3n) is 2.33. The van der Waals surface area contributed by atoms with E-state index >= 15 is 0 Å². The van der Waals surface area contributed by atoms with Crippen LogP contribution in [0.5, 0.6) is 0 Å². The summed E-state index contributed by atoms with van der Waals surface area (Å²) in [5.74, 6) is 0. The van der Waals surface area contributed by atoms with E-state index < -0.39 is 36.7 Å². The van der Waals surface area contributed by atoms with Crippen molar-refractivity contribution >= 4 is 0 Å². The summed E-state index contributed by atoms with van der Waals surface area (Å²) in [4.78, 5) is 2.52. The molecule has 0 saturated carbocycles. The van der Waals surface area contributed by atoms with Crippen molar-refractivity contribution in [1.29, 1.82) is 0 Å². The molecule has 0 aromatic rings. The standard InChI is InChI=1S/C7H13N3O5/c1-2(9-10-8)6-4(12)3(11)5(13)7(14)15-6/h2-7,11-14H,1H3/t2-,3+,4+,5-,6-,7+/m1/s1. The monoisotopic (exact) mass is 219 g/mol. The zero-order chi connectivity index (χ0) is 11.6. The van der Waals surface area contributed by atoms with Crippen molar-refractivity contribution in [2.45, 2.75) is 43.7 Å². The predicted octanol–water partition coefficient (Wildman–Crippen LogP) is -1.51. The Bertz CT molecular complexity index is 269. The van der Waals surface area contributed by atoms with Crippen LogP contribution in [0.3, 0.4) is 0 Å². The molecule has 1 saturated heterocycles. The fourth-order valence-corrected chi connectivity index (χ4v) is 1.43. The summed E-state index contributed by atoms with van der Waals surface area (Å²) < 4.78 is 4.83. The highest BCUT2D eigenvalue weighted by Crippen LogP contribution is 2.23. The Hall–Kier alpha value is -0.890. The SMILES string of the molecule is C[C@@H](N=[N+]=[N-])[C@H]1O[C@H](O)[C@H](O)[C@@H](O)[C@@H]1O. The Morgan fingerprint density at radius 2 is 1.80 bits per heavy atom. The molecule has 1 fully saturated rings. The first kappa shape index (κ1) is 12.2. The van der Waals surface area contributed by atoms with E-state index in [9.17, 15) is 15.3 Å². The molecule has 1 heterocycles. The first-order valence-corrected chi connectivity index (χ1v) is 4.41. The highest BCUT2D eigenvalue weighted by atomic mass is 16.6. The zero-order valence-corrected chi connectivity index (χ0v) is 8.00. The number of hydrogen-bond donors (Lipinski definition) is 4. The summed E-state index contributed by atoms with van der Waals surface area (Å²) >= 11 is 0. The molecule has 1 aliphatic heterocycles. The van der Waals surface area contributed by atoms with Gasteiger partial charge in [0.1, 0.15) is 18.3 Å². The van der Waals surface area contributed by atoms with E-state index in [2.05, 4.69) is 10.0 Å². The molecule has 0 spiro atoms. The Labute approximate surface area is 85.3 Å². The molecule has 8 heteroatoms. The van der Waals surface area contributed by atoms with Crippen LogP contribution in [0.25, 0.3) is 10.4 Å². The number of aliphatic hydroxyl groups excluding tert-OH is 4. The van der Waals surface area contributed by atoms with Crippen LogP contribution >= 0.6 is 0 Å². The average Bonchev–Trinajstić information content (AvgIpc) is 2.20. The number of hydrogen-bond acceptors (Lipinski definition) is 6.